The maximum atomic E-state index is 12.3. The minimum absolute atomic E-state index is 0.144. The first-order valence-corrected chi connectivity index (χ1v) is 7.28. The average Bonchev–Trinajstić information content (AvgIpc) is 2.96. The number of hydrogen-bond donors (Lipinski definition) is 1. The van der Waals surface area contributed by atoms with Crippen LogP contribution in [0, 0.1) is 13.8 Å². The molecule has 1 N–H and O–H groups in total. The SMILES string of the molecule is Cc1nc(CC(=O)c2ccc3c(c2)NCC3)sc1C. The monoisotopic (exact) mass is 272 g/mol. The van der Waals surface area contributed by atoms with Crippen molar-refractivity contribution in [2.24, 2.45) is 0 Å². The number of benzene rings is 1. The largest absolute Gasteiger partial charge is 0.384 e. The molecule has 19 heavy (non-hydrogen) atoms. The summed E-state index contributed by atoms with van der Waals surface area (Å²) < 4.78 is 0. The zero-order valence-corrected chi connectivity index (χ0v) is 11.9. The van der Waals surface area contributed by atoms with E-state index >= 15 is 0 Å². The highest BCUT2D eigenvalue weighted by atomic mass is 32.1. The number of ketones is 1. The Morgan fingerprint density at radius 2 is 2.26 bits per heavy atom. The zero-order valence-electron chi connectivity index (χ0n) is 11.1. The van der Waals surface area contributed by atoms with Gasteiger partial charge in [0.1, 0.15) is 5.01 Å². The van der Waals surface area contributed by atoms with Crippen LogP contribution in [0.5, 0.6) is 0 Å². The van der Waals surface area contributed by atoms with E-state index < -0.39 is 0 Å². The van der Waals surface area contributed by atoms with Gasteiger partial charge in [-0.3, -0.25) is 4.79 Å². The molecule has 1 aliphatic heterocycles. The number of rotatable bonds is 3. The number of aryl methyl sites for hydroxylation is 2. The first kappa shape index (κ1) is 12.4. The van der Waals surface area contributed by atoms with Gasteiger partial charge in [-0.2, -0.15) is 0 Å². The van der Waals surface area contributed by atoms with Crippen molar-refractivity contribution in [3.05, 3.63) is 44.9 Å². The zero-order chi connectivity index (χ0) is 13.4. The number of aromatic nitrogens is 1. The van der Waals surface area contributed by atoms with Gasteiger partial charge in [-0.15, -0.1) is 11.3 Å². The quantitative estimate of drug-likeness (QED) is 0.873. The van der Waals surface area contributed by atoms with Crippen LogP contribution < -0.4 is 5.32 Å². The number of thiazole rings is 1. The predicted octanol–water partition coefficient (Wildman–Crippen LogP) is 3.15. The lowest BCUT2D eigenvalue weighted by Crippen LogP contribution is -2.04. The van der Waals surface area contributed by atoms with Crippen molar-refractivity contribution in [3.63, 3.8) is 0 Å². The summed E-state index contributed by atoms with van der Waals surface area (Å²) in [4.78, 5) is 17.9. The summed E-state index contributed by atoms with van der Waals surface area (Å²) in [6, 6.07) is 5.96. The summed E-state index contributed by atoms with van der Waals surface area (Å²) >= 11 is 1.62. The average molecular weight is 272 g/mol. The fraction of sp³-hybridized carbons (Fsp3) is 0.333. The van der Waals surface area contributed by atoms with Gasteiger partial charge in [-0.25, -0.2) is 4.98 Å². The van der Waals surface area contributed by atoms with Crippen molar-refractivity contribution in [1.29, 1.82) is 0 Å². The smallest absolute Gasteiger partial charge is 0.169 e. The lowest BCUT2D eigenvalue weighted by Gasteiger charge is -2.03. The maximum absolute atomic E-state index is 12.3. The number of anilines is 1. The van der Waals surface area contributed by atoms with Crippen LogP contribution in [0.3, 0.4) is 0 Å². The second kappa shape index (κ2) is 4.78. The van der Waals surface area contributed by atoms with E-state index in [2.05, 4.69) is 16.4 Å². The van der Waals surface area contributed by atoms with E-state index in [1.165, 1.54) is 10.4 Å². The highest BCUT2D eigenvalue weighted by molar-refractivity contribution is 7.11. The van der Waals surface area contributed by atoms with Gasteiger partial charge in [0.05, 0.1) is 12.1 Å². The van der Waals surface area contributed by atoms with Gasteiger partial charge in [0, 0.05) is 22.7 Å². The molecule has 0 radical (unpaired) electrons. The van der Waals surface area contributed by atoms with E-state index in [4.69, 9.17) is 0 Å². The molecule has 0 atom stereocenters. The topological polar surface area (TPSA) is 42.0 Å². The van der Waals surface area contributed by atoms with Crippen molar-refractivity contribution in [1.82, 2.24) is 4.98 Å². The highest BCUT2D eigenvalue weighted by Crippen LogP contribution is 2.24. The third kappa shape index (κ3) is 2.40. The molecule has 98 valence electrons. The fourth-order valence-corrected chi connectivity index (χ4v) is 3.25. The Balaban J connectivity index is 1.80. The molecule has 3 rings (SSSR count). The molecule has 3 nitrogen and oxygen atoms in total. The van der Waals surface area contributed by atoms with E-state index in [1.54, 1.807) is 11.3 Å². The van der Waals surface area contributed by atoms with Crippen LogP contribution in [0.15, 0.2) is 18.2 Å². The summed E-state index contributed by atoms with van der Waals surface area (Å²) in [7, 11) is 0. The van der Waals surface area contributed by atoms with Gasteiger partial charge >= 0.3 is 0 Å². The van der Waals surface area contributed by atoms with Crippen molar-refractivity contribution in [2.45, 2.75) is 26.7 Å². The first-order chi connectivity index (χ1) is 9.13. The number of Topliss-reactive ketones (excluding diaryl/α,β-unsaturated/α-hetero) is 1. The van der Waals surface area contributed by atoms with Crippen LogP contribution in [0.25, 0.3) is 0 Å². The first-order valence-electron chi connectivity index (χ1n) is 6.46. The Morgan fingerprint density at radius 1 is 1.42 bits per heavy atom. The highest BCUT2D eigenvalue weighted by Gasteiger charge is 2.15. The van der Waals surface area contributed by atoms with Crippen molar-refractivity contribution in [3.8, 4) is 0 Å². The molecule has 1 aromatic carbocycles. The predicted molar refractivity (Wildman–Crippen MR) is 78.3 cm³/mol. The molecule has 2 aromatic rings. The van der Waals surface area contributed by atoms with E-state index in [0.717, 1.165) is 34.9 Å². The minimum Gasteiger partial charge on any atom is -0.384 e. The Morgan fingerprint density at radius 3 is 3.00 bits per heavy atom. The number of hydrogen-bond acceptors (Lipinski definition) is 4. The molecule has 0 bridgehead atoms. The number of fused-ring (bicyclic) bond motifs is 1. The maximum Gasteiger partial charge on any atom is 0.169 e. The van der Waals surface area contributed by atoms with Crippen LogP contribution >= 0.6 is 11.3 Å². The molecule has 4 heteroatoms. The molecule has 0 aliphatic carbocycles. The molecule has 0 unspecified atom stereocenters. The number of nitrogens with zero attached hydrogens (tertiary/aromatic N) is 1. The normalized spacial score (nSPS) is 13.2. The van der Waals surface area contributed by atoms with Gasteiger partial charge in [0.2, 0.25) is 0 Å². The molecule has 0 saturated heterocycles. The van der Waals surface area contributed by atoms with Gasteiger partial charge < -0.3 is 5.32 Å². The third-order valence-electron chi connectivity index (χ3n) is 3.53. The van der Waals surface area contributed by atoms with E-state index in [-0.39, 0.29) is 5.78 Å². The molecular weight excluding hydrogens is 256 g/mol. The second-order valence-electron chi connectivity index (χ2n) is 4.90. The summed E-state index contributed by atoms with van der Waals surface area (Å²) in [5.74, 6) is 0.144. The number of carbonyl (C=O) groups is 1. The standard InChI is InChI=1S/C15H16N2OS/c1-9-10(2)19-15(17-9)8-14(18)12-4-3-11-5-6-16-13(11)7-12/h3-4,7,16H,5-6,8H2,1-2H3. The van der Waals surface area contributed by atoms with Crippen molar-refractivity contribution >= 4 is 22.8 Å². The van der Waals surface area contributed by atoms with Gasteiger partial charge in [0.25, 0.3) is 0 Å². The third-order valence-corrected chi connectivity index (χ3v) is 4.60. The van der Waals surface area contributed by atoms with Crippen molar-refractivity contribution < 1.29 is 4.79 Å². The van der Waals surface area contributed by atoms with Crippen LogP contribution in [-0.2, 0) is 12.8 Å². The summed E-state index contributed by atoms with van der Waals surface area (Å²) in [5.41, 5.74) is 4.22. The second-order valence-corrected chi connectivity index (χ2v) is 6.19. The lowest BCUT2D eigenvalue weighted by atomic mass is 10.0. The molecule has 0 saturated carbocycles. The number of nitrogens with one attached hydrogen (secondary N) is 1. The van der Waals surface area contributed by atoms with E-state index in [9.17, 15) is 4.79 Å². The van der Waals surface area contributed by atoms with E-state index in [0.29, 0.717) is 6.42 Å². The van der Waals surface area contributed by atoms with Crippen LogP contribution in [0.1, 0.15) is 31.5 Å². The van der Waals surface area contributed by atoms with Gasteiger partial charge in [-0.1, -0.05) is 12.1 Å². The fourth-order valence-electron chi connectivity index (χ4n) is 2.32. The molecule has 0 spiro atoms. The Hall–Kier alpha value is -1.68. The summed E-state index contributed by atoms with van der Waals surface area (Å²) in [6.45, 7) is 5.00. The van der Waals surface area contributed by atoms with Crippen molar-refractivity contribution in [2.75, 3.05) is 11.9 Å². The Kier molecular flexibility index (Phi) is 3.11. The molecular formula is C15H16N2OS. The van der Waals surface area contributed by atoms with Gasteiger partial charge in [-0.05, 0) is 31.9 Å². The molecule has 2 heterocycles. The van der Waals surface area contributed by atoms with Crippen LogP contribution in [0.2, 0.25) is 0 Å². The van der Waals surface area contributed by atoms with Crippen LogP contribution in [-0.4, -0.2) is 17.3 Å². The van der Waals surface area contributed by atoms with Gasteiger partial charge in [0.15, 0.2) is 5.78 Å². The minimum atomic E-state index is 0.144. The summed E-state index contributed by atoms with van der Waals surface area (Å²) in [5, 5.41) is 4.22. The van der Waals surface area contributed by atoms with E-state index in [1.807, 2.05) is 26.0 Å². The molecule has 0 amide bonds. The lowest BCUT2D eigenvalue weighted by molar-refractivity contribution is 0.0993. The van der Waals surface area contributed by atoms with Crippen LogP contribution in [0.4, 0.5) is 5.69 Å². The Bertz CT molecular complexity index is 626. The molecule has 0 fully saturated rings. The Labute approximate surface area is 116 Å². The number of carbonyl (C=O) groups excluding carboxylic acids is 1. The molecule has 1 aromatic heterocycles. The summed E-state index contributed by atoms with van der Waals surface area (Å²) in [6.07, 6.45) is 1.45. The molecule has 1 aliphatic rings.